The highest BCUT2D eigenvalue weighted by atomic mass is 19.1. The average molecular weight is 237 g/mol. The van der Waals surface area contributed by atoms with Crippen molar-refractivity contribution in [2.24, 2.45) is 5.92 Å². The number of rotatable bonds is 4. The number of carboxylic acids is 1. The number of halogens is 1. The van der Waals surface area contributed by atoms with Gasteiger partial charge >= 0.3 is 5.97 Å². The summed E-state index contributed by atoms with van der Waals surface area (Å²) in [5.74, 6) is -0.970. The van der Waals surface area contributed by atoms with Crippen LogP contribution in [0.5, 0.6) is 0 Å². The molecule has 1 fully saturated rings. The molecule has 1 aliphatic carbocycles. The van der Waals surface area contributed by atoms with E-state index in [1.165, 1.54) is 12.1 Å². The second kappa shape index (κ2) is 5.17. The van der Waals surface area contributed by atoms with E-state index in [1.54, 1.807) is 12.1 Å². The highest BCUT2D eigenvalue weighted by Crippen LogP contribution is 2.29. The van der Waals surface area contributed by atoms with Crippen molar-refractivity contribution in [3.8, 4) is 0 Å². The van der Waals surface area contributed by atoms with E-state index in [4.69, 9.17) is 0 Å². The predicted molar refractivity (Wildman–Crippen MR) is 63.4 cm³/mol. The quantitative estimate of drug-likeness (QED) is 0.846. The molecule has 3 nitrogen and oxygen atoms in total. The zero-order chi connectivity index (χ0) is 12.3. The third-order valence-corrected chi connectivity index (χ3v) is 3.30. The van der Waals surface area contributed by atoms with Crippen LogP contribution >= 0.6 is 0 Å². The van der Waals surface area contributed by atoms with E-state index in [0.29, 0.717) is 5.69 Å². The van der Waals surface area contributed by atoms with Crippen LogP contribution in [0.1, 0.15) is 25.7 Å². The van der Waals surface area contributed by atoms with Crippen molar-refractivity contribution in [1.82, 2.24) is 0 Å². The summed E-state index contributed by atoms with van der Waals surface area (Å²) in [6.45, 7) is 0. The molecule has 1 unspecified atom stereocenters. The molecular formula is C13H16FNO2. The maximum atomic E-state index is 12.7. The van der Waals surface area contributed by atoms with Gasteiger partial charge in [0.1, 0.15) is 11.9 Å². The highest BCUT2D eigenvalue weighted by Gasteiger charge is 2.30. The fraction of sp³-hybridized carbons (Fsp3) is 0.462. The van der Waals surface area contributed by atoms with E-state index in [1.807, 2.05) is 0 Å². The first kappa shape index (κ1) is 11.9. The maximum absolute atomic E-state index is 12.7. The van der Waals surface area contributed by atoms with Crippen molar-refractivity contribution >= 4 is 11.7 Å². The van der Waals surface area contributed by atoms with Crippen LogP contribution in [0.15, 0.2) is 24.3 Å². The molecular weight excluding hydrogens is 221 g/mol. The molecule has 0 heterocycles. The number of carbonyl (C=O) groups is 1. The summed E-state index contributed by atoms with van der Waals surface area (Å²) in [5, 5.41) is 12.2. The van der Waals surface area contributed by atoms with Crippen molar-refractivity contribution in [1.29, 1.82) is 0 Å². The lowest BCUT2D eigenvalue weighted by Gasteiger charge is -2.21. The molecule has 0 spiro atoms. The molecule has 1 aliphatic rings. The average Bonchev–Trinajstić information content (AvgIpc) is 2.81. The van der Waals surface area contributed by atoms with Crippen LogP contribution < -0.4 is 5.32 Å². The third-order valence-electron chi connectivity index (χ3n) is 3.30. The van der Waals surface area contributed by atoms with Gasteiger partial charge in [0.05, 0.1) is 0 Å². The van der Waals surface area contributed by atoms with Gasteiger partial charge in [0.2, 0.25) is 0 Å². The number of nitrogens with one attached hydrogen (secondary N) is 1. The number of hydrogen-bond acceptors (Lipinski definition) is 2. The summed E-state index contributed by atoms with van der Waals surface area (Å²) in [4.78, 5) is 11.2. The molecule has 4 heteroatoms. The Kier molecular flexibility index (Phi) is 3.61. The van der Waals surface area contributed by atoms with Crippen molar-refractivity contribution in [2.45, 2.75) is 31.7 Å². The molecule has 0 amide bonds. The minimum Gasteiger partial charge on any atom is -0.480 e. The third kappa shape index (κ3) is 2.96. The minimum absolute atomic E-state index is 0.178. The number of anilines is 1. The van der Waals surface area contributed by atoms with E-state index in [0.717, 1.165) is 25.7 Å². The Hall–Kier alpha value is -1.58. The normalized spacial score (nSPS) is 17.9. The van der Waals surface area contributed by atoms with Gasteiger partial charge in [0, 0.05) is 5.69 Å². The molecule has 92 valence electrons. The van der Waals surface area contributed by atoms with E-state index in [2.05, 4.69) is 5.32 Å². The second-order valence-electron chi connectivity index (χ2n) is 4.51. The lowest BCUT2D eigenvalue weighted by atomic mass is 9.98. The molecule has 1 atom stereocenters. The fourth-order valence-corrected chi connectivity index (χ4v) is 2.40. The van der Waals surface area contributed by atoms with Crippen LogP contribution in [0.4, 0.5) is 10.1 Å². The Balaban J connectivity index is 2.06. The molecule has 1 saturated carbocycles. The number of benzene rings is 1. The van der Waals surface area contributed by atoms with E-state index >= 15 is 0 Å². The summed E-state index contributed by atoms with van der Waals surface area (Å²) < 4.78 is 12.7. The topological polar surface area (TPSA) is 49.3 Å². The number of aliphatic carboxylic acids is 1. The Bertz CT molecular complexity index is 385. The molecule has 0 bridgehead atoms. The largest absolute Gasteiger partial charge is 0.480 e. The molecule has 0 aromatic heterocycles. The van der Waals surface area contributed by atoms with Crippen LogP contribution in [-0.4, -0.2) is 17.1 Å². The van der Waals surface area contributed by atoms with Gasteiger partial charge in [-0.3, -0.25) is 0 Å². The summed E-state index contributed by atoms with van der Waals surface area (Å²) in [6, 6.07) is 5.23. The van der Waals surface area contributed by atoms with E-state index in [9.17, 15) is 14.3 Å². The van der Waals surface area contributed by atoms with Crippen LogP contribution in [0.2, 0.25) is 0 Å². The molecule has 17 heavy (non-hydrogen) atoms. The van der Waals surface area contributed by atoms with Crippen LogP contribution in [0.25, 0.3) is 0 Å². The van der Waals surface area contributed by atoms with Crippen LogP contribution in [-0.2, 0) is 4.79 Å². The van der Waals surface area contributed by atoms with Crippen molar-refractivity contribution in [3.63, 3.8) is 0 Å². The standard InChI is InChI=1S/C13H16FNO2/c14-10-5-7-11(8-6-10)15-12(13(16)17)9-3-1-2-4-9/h5-9,12,15H,1-4H2,(H,16,17). The lowest BCUT2D eigenvalue weighted by molar-refractivity contribution is -0.139. The molecule has 1 aromatic carbocycles. The predicted octanol–water partition coefficient (Wildman–Crippen LogP) is 2.88. The van der Waals surface area contributed by atoms with Gasteiger partial charge in [0.15, 0.2) is 0 Å². The zero-order valence-corrected chi connectivity index (χ0v) is 9.53. The first-order valence-corrected chi connectivity index (χ1v) is 5.92. The summed E-state index contributed by atoms with van der Waals surface area (Å²) in [6.07, 6.45) is 4.09. The van der Waals surface area contributed by atoms with E-state index < -0.39 is 12.0 Å². The molecule has 2 N–H and O–H groups in total. The second-order valence-corrected chi connectivity index (χ2v) is 4.51. The number of hydrogen-bond donors (Lipinski definition) is 2. The van der Waals surface area contributed by atoms with Crippen LogP contribution in [0.3, 0.4) is 0 Å². The SMILES string of the molecule is O=C(O)C(Nc1ccc(F)cc1)C1CCCC1. The van der Waals surface area contributed by atoms with Gasteiger partial charge in [-0.05, 0) is 43.0 Å². The molecule has 0 aliphatic heterocycles. The highest BCUT2D eigenvalue weighted by molar-refractivity contribution is 5.77. The molecule has 0 radical (unpaired) electrons. The van der Waals surface area contributed by atoms with Gasteiger partial charge in [0.25, 0.3) is 0 Å². The van der Waals surface area contributed by atoms with Gasteiger partial charge in [-0.25, -0.2) is 9.18 Å². The minimum atomic E-state index is -0.832. The maximum Gasteiger partial charge on any atom is 0.326 e. The Morgan fingerprint density at radius 3 is 2.41 bits per heavy atom. The Morgan fingerprint density at radius 2 is 1.88 bits per heavy atom. The van der Waals surface area contributed by atoms with Crippen LogP contribution in [0, 0.1) is 11.7 Å². The van der Waals surface area contributed by atoms with Gasteiger partial charge in [-0.1, -0.05) is 12.8 Å². The first-order valence-electron chi connectivity index (χ1n) is 5.92. The smallest absolute Gasteiger partial charge is 0.326 e. The zero-order valence-electron chi connectivity index (χ0n) is 9.53. The Labute approximate surface area is 99.7 Å². The summed E-state index contributed by atoms with van der Waals surface area (Å²) in [5.41, 5.74) is 0.658. The van der Waals surface area contributed by atoms with Gasteiger partial charge < -0.3 is 10.4 Å². The molecule has 2 rings (SSSR count). The number of carboxylic acid groups (broad SMARTS) is 1. The first-order chi connectivity index (χ1) is 8.16. The molecule has 0 saturated heterocycles. The lowest BCUT2D eigenvalue weighted by Crippen LogP contribution is -2.35. The monoisotopic (exact) mass is 237 g/mol. The fourth-order valence-electron chi connectivity index (χ4n) is 2.40. The molecule has 1 aromatic rings. The van der Waals surface area contributed by atoms with Crippen molar-refractivity contribution < 1.29 is 14.3 Å². The van der Waals surface area contributed by atoms with E-state index in [-0.39, 0.29) is 11.7 Å². The van der Waals surface area contributed by atoms with Crippen molar-refractivity contribution in [2.75, 3.05) is 5.32 Å². The van der Waals surface area contributed by atoms with Gasteiger partial charge in [-0.15, -0.1) is 0 Å². The summed E-state index contributed by atoms with van der Waals surface area (Å²) in [7, 11) is 0. The van der Waals surface area contributed by atoms with Crippen molar-refractivity contribution in [3.05, 3.63) is 30.1 Å². The van der Waals surface area contributed by atoms with Gasteiger partial charge in [-0.2, -0.15) is 0 Å². The summed E-state index contributed by atoms with van der Waals surface area (Å²) >= 11 is 0. The Morgan fingerprint density at radius 1 is 1.29 bits per heavy atom.